The summed E-state index contributed by atoms with van der Waals surface area (Å²) in [5.41, 5.74) is 3.74. The lowest BCUT2D eigenvalue weighted by molar-refractivity contribution is 0.228. The van der Waals surface area contributed by atoms with E-state index in [-0.39, 0.29) is 0 Å². The average Bonchev–Trinajstić information content (AvgIpc) is 2.56. The highest BCUT2D eigenvalue weighted by molar-refractivity contribution is 5.37. The lowest BCUT2D eigenvalue weighted by Crippen LogP contribution is -2.37. The molecule has 0 spiro atoms. The molecule has 1 aliphatic carbocycles. The van der Waals surface area contributed by atoms with Gasteiger partial charge in [-0.05, 0) is 34.8 Å². The Kier molecular flexibility index (Phi) is 3.55. The number of benzene rings is 1. The molecule has 0 saturated heterocycles. The van der Waals surface area contributed by atoms with Crippen molar-refractivity contribution in [1.29, 1.82) is 0 Å². The Morgan fingerprint density at radius 2 is 1.94 bits per heavy atom. The van der Waals surface area contributed by atoms with Crippen LogP contribution in [0, 0.1) is 10.8 Å². The molecule has 0 heterocycles. The topological polar surface area (TPSA) is 12.0 Å². The standard InChI is InChI=1S/C17H27N/c1-6-16(2,3)12-18-15-14-10-8-7-9-13(14)11-17(15,4)5/h7-10,15,18H,6,11-12H2,1-5H3. The van der Waals surface area contributed by atoms with E-state index in [9.17, 15) is 0 Å². The molecular weight excluding hydrogens is 218 g/mol. The summed E-state index contributed by atoms with van der Waals surface area (Å²) in [6.07, 6.45) is 2.40. The van der Waals surface area contributed by atoms with E-state index in [0.717, 1.165) is 6.54 Å². The molecule has 1 heteroatoms. The highest BCUT2D eigenvalue weighted by atomic mass is 14.9. The van der Waals surface area contributed by atoms with Crippen LogP contribution < -0.4 is 5.32 Å². The van der Waals surface area contributed by atoms with Crippen LogP contribution in [0.5, 0.6) is 0 Å². The Morgan fingerprint density at radius 3 is 2.61 bits per heavy atom. The van der Waals surface area contributed by atoms with Gasteiger partial charge in [0.1, 0.15) is 0 Å². The summed E-state index contributed by atoms with van der Waals surface area (Å²) < 4.78 is 0. The third-order valence-electron chi connectivity index (χ3n) is 4.54. The molecule has 18 heavy (non-hydrogen) atoms. The molecule has 0 radical (unpaired) electrons. The summed E-state index contributed by atoms with van der Waals surface area (Å²) >= 11 is 0. The molecule has 1 aromatic rings. The first-order valence-electron chi connectivity index (χ1n) is 7.17. The van der Waals surface area contributed by atoms with Gasteiger partial charge in [-0.25, -0.2) is 0 Å². The zero-order chi connectivity index (χ0) is 13.4. The second-order valence-electron chi connectivity index (χ2n) is 7.20. The summed E-state index contributed by atoms with van der Waals surface area (Å²) in [6, 6.07) is 9.40. The highest BCUT2D eigenvalue weighted by Gasteiger charge is 2.38. The van der Waals surface area contributed by atoms with Crippen LogP contribution in [0.1, 0.15) is 58.2 Å². The summed E-state index contributed by atoms with van der Waals surface area (Å²) in [7, 11) is 0. The fourth-order valence-electron chi connectivity index (χ4n) is 2.88. The smallest absolute Gasteiger partial charge is 0.0377 e. The molecule has 0 aromatic heterocycles. The van der Waals surface area contributed by atoms with Crippen molar-refractivity contribution in [3.8, 4) is 0 Å². The zero-order valence-electron chi connectivity index (χ0n) is 12.5. The number of fused-ring (bicyclic) bond motifs is 1. The van der Waals surface area contributed by atoms with Gasteiger partial charge in [-0.2, -0.15) is 0 Å². The SMILES string of the molecule is CCC(C)(C)CNC1c2ccccc2CC1(C)C. The predicted octanol–water partition coefficient (Wildman–Crippen LogP) is 4.34. The molecule has 1 unspecified atom stereocenters. The quantitative estimate of drug-likeness (QED) is 0.832. The minimum atomic E-state index is 0.327. The molecule has 1 aromatic carbocycles. The first kappa shape index (κ1) is 13.6. The second kappa shape index (κ2) is 4.70. The maximum atomic E-state index is 3.82. The summed E-state index contributed by atoms with van der Waals surface area (Å²) in [4.78, 5) is 0. The van der Waals surface area contributed by atoms with Crippen LogP contribution in [0.15, 0.2) is 24.3 Å². The average molecular weight is 245 g/mol. The van der Waals surface area contributed by atoms with Gasteiger partial charge < -0.3 is 5.32 Å². The van der Waals surface area contributed by atoms with Gasteiger partial charge in [0.25, 0.3) is 0 Å². The predicted molar refractivity (Wildman–Crippen MR) is 78.7 cm³/mol. The number of rotatable bonds is 4. The minimum absolute atomic E-state index is 0.327. The maximum Gasteiger partial charge on any atom is 0.0377 e. The molecule has 1 nitrogen and oxygen atoms in total. The van der Waals surface area contributed by atoms with Gasteiger partial charge in [-0.3, -0.25) is 0 Å². The van der Waals surface area contributed by atoms with Crippen molar-refractivity contribution in [2.45, 2.75) is 53.5 Å². The largest absolute Gasteiger partial charge is 0.309 e. The third-order valence-corrected chi connectivity index (χ3v) is 4.54. The van der Waals surface area contributed by atoms with Crippen LogP contribution in [-0.4, -0.2) is 6.54 Å². The van der Waals surface area contributed by atoms with Gasteiger partial charge in [-0.15, -0.1) is 0 Å². The van der Waals surface area contributed by atoms with E-state index >= 15 is 0 Å². The fourth-order valence-corrected chi connectivity index (χ4v) is 2.88. The molecule has 1 aliphatic rings. The Hall–Kier alpha value is -0.820. The molecule has 0 aliphatic heterocycles. The molecular formula is C17H27N. The number of hydrogen-bond donors (Lipinski definition) is 1. The van der Waals surface area contributed by atoms with Crippen LogP contribution in [0.25, 0.3) is 0 Å². The van der Waals surface area contributed by atoms with Gasteiger partial charge in [0.15, 0.2) is 0 Å². The molecule has 0 bridgehead atoms. The lowest BCUT2D eigenvalue weighted by atomic mass is 9.83. The highest BCUT2D eigenvalue weighted by Crippen LogP contribution is 2.45. The van der Waals surface area contributed by atoms with Gasteiger partial charge >= 0.3 is 0 Å². The molecule has 2 rings (SSSR count). The van der Waals surface area contributed by atoms with Gasteiger partial charge in [0.2, 0.25) is 0 Å². The van der Waals surface area contributed by atoms with Crippen molar-refractivity contribution < 1.29 is 0 Å². The molecule has 1 atom stereocenters. The summed E-state index contributed by atoms with van der Waals surface area (Å²) in [5, 5.41) is 3.82. The van der Waals surface area contributed by atoms with Crippen molar-refractivity contribution in [3.05, 3.63) is 35.4 Å². The fraction of sp³-hybridized carbons (Fsp3) is 0.647. The van der Waals surface area contributed by atoms with Crippen molar-refractivity contribution in [2.75, 3.05) is 6.54 Å². The van der Waals surface area contributed by atoms with E-state index in [1.54, 1.807) is 0 Å². The molecule has 0 saturated carbocycles. The van der Waals surface area contributed by atoms with Crippen LogP contribution >= 0.6 is 0 Å². The Morgan fingerprint density at radius 1 is 1.28 bits per heavy atom. The van der Waals surface area contributed by atoms with Crippen LogP contribution in [-0.2, 0) is 6.42 Å². The zero-order valence-corrected chi connectivity index (χ0v) is 12.5. The monoisotopic (exact) mass is 245 g/mol. The molecule has 0 fully saturated rings. The van der Waals surface area contributed by atoms with E-state index in [1.165, 1.54) is 24.0 Å². The first-order valence-corrected chi connectivity index (χ1v) is 7.17. The van der Waals surface area contributed by atoms with Crippen molar-refractivity contribution in [1.82, 2.24) is 5.32 Å². The van der Waals surface area contributed by atoms with Crippen LogP contribution in [0.3, 0.4) is 0 Å². The van der Waals surface area contributed by atoms with Crippen molar-refractivity contribution in [3.63, 3.8) is 0 Å². The van der Waals surface area contributed by atoms with Gasteiger partial charge in [0.05, 0.1) is 0 Å². The minimum Gasteiger partial charge on any atom is -0.309 e. The van der Waals surface area contributed by atoms with E-state index in [0.29, 0.717) is 16.9 Å². The molecule has 100 valence electrons. The van der Waals surface area contributed by atoms with Crippen LogP contribution in [0.2, 0.25) is 0 Å². The third kappa shape index (κ3) is 2.61. The molecule has 0 amide bonds. The Balaban J connectivity index is 2.16. The normalized spacial score (nSPS) is 21.9. The summed E-state index contributed by atoms with van der Waals surface area (Å²) in [5.74, 6) is 0. The van der Waals surface area contributed by atoms with E-state index < -0.39 is 0 Å². The van der Waals surface area contributed by atoms with Crippen molar-refractivity contribution >= 4 is 0 Å². The second-order valence-corrected chi connectivity index (χ2v) is 7.20. The maximum absolute atomic E-state index is 3.82. The number of nitrogens with one attached hydrogen (secondary N) is 1. The van der Waals surface area contributed by atoms with Gasteiger partial charge in [0, 0.05) is 12.6 Å². The van der Waals surface area contributed by atoms with E-state index in [4.69, 9.17) is 0 Å². The molecule has 1 N–H and O–H groups in total. The van der Waals surface area contributed by atoms with Crippen molar-refractivity contribution in [2.24, 2.45) is 10.8 Å². The summed E-state index contributed by atoms with van der Waals surface area (Å²) in [6.45, 7) is 12.8. The number of hydrogen-bond acceptors (Lipinski definition) is 1. The Bertz CT molecular complexity index is 417. The van der Waals surface area contributed by atoms with E-state index in [1.807, 2.05) is 0 Å². The van der Waals surface area contributed by atoms with E-state index in [2.05, 4.69) is 64.2 Å². The first-order chi connectivity index (χ1) is 8.36. The Labute approximate surface area is 112 Å². The van der Waals surface area contributed by atoms with Gasteiger partial charge in [-0.1, -0.05) is 58.9 Å². The van der Waals surface area contributed by atoms with Crippen LogP contribution in [0.4, 0.5) is 0 Å². The lowest BCUT2D eigenvalue weighted by Gasteiger charge is -2.32.